The second-order valence-corrected chi connectivity index (χ2v) is 4.70. The number of nitrogens with zero attached hydrogens (tertiary/aromatic N) is 1. The molecule has 0 aliphatic rings. The van der Waals surface area contributed by atoms with Crippen LogP contribution in [0.3, 0.4) is 0 Å². The quantitative estimate of drug-likeness (QED) is 0.506. The van der Waals surface area contributed by atoms with Crippen LogP contribution in [0.1, 0.15) is 24.7 Å². The van der Waals surface area contributed by atoms with E-state index in [0.717, 1.165) is 17.0 Å². The van der Waals surface area contributed by atoms with E-state index >= 15 is 0 Å². The zero-order valence-corrected chi connectivity index (χ0v) is 12.4. The van der Waals surface area contributed by atoms with Crippen LogP contribution >= 0.6 is 12.2 Å². The van der Waals surface area contributed by atoms with Crippen LogP contribution in [-0.2, 0) is 6.54 Å². The van der Waals surface area contributed by atoms with Crippen LogP contribution in [0.2, 0.25) is 0 Å². The van der Waals surface area contributed by atoms with E-state index in [1.165, 1.54) is 12.1 Å². The maximum atomic E-state index is 12.9. The Kier molecular flexibility index (Phi) is 5.45. The van der Waals surface area contributed by atoms with Crippen molar-refractivity contribution < 1.29 is 8.81 Å². The summed E-state index contributed by atoms with van der Waals surface area (Å²) in [6, 6.07) is 9.88. The number of halogens is 1. The highest BCUT2D eigenvalue weighted by Crippen LogP contribution is 2.06. The fourth-order valence-electron chi connectivity index (χ4n) is 1.73. The van der Waals surface area contributed by atoms with Gasteiger partial charge in [-0.1, -0.05) is 19.1 Å². The summed E-state index contributed by atoms with van der Waals surface area (Å²) in [6.45, 7) is 2.47. The first-order valence-corrected chi connectivity index (χ1v) is 6.98. The summed E-state index contributed by atoms with van der Waals surface area (Å²) in [5.74, 6) is 0.523. The summed E-state index contributed by atoms with van der Waals surface area (Å²) in [5, 5.41) is 7.64. The minimum atomic E-state index is -0.266. The highest BCUT2D eigenvalue weighted by atomic mass is 32.1. The maximum absolute atomic E-state index is 12.9. The van der Waals surface area contributed by atoms with Gasteiger partial charge in [0.2, 0.25) is 0 Å². The summed E-state index contributed by atoms with van der Waals surface area (Å²) in [5.41, 5.74) is 4.45. The van der Waals surface area contributed by atoms with Gasteiger partial charge >= 0.3 is 0 Å². The van der Waals surface area contributed by atoms with Gasteiger partial charge in [-0.15, -0.1) is 0 Å². The van der Waals surface area contributed by atoms with Gasteiger partial charge in [0.25, 0.3) is 0 Å². The molecule has 6 heteroatoms. The van der Waals surface area contributed by atoms with Crippen LogP contribution in [-0.4, -0.2) is 10.8 Å². The van der Waals surface area contributed by atoms with E-state index in [1.807, 2.05) is 19.1 Å². The van der Waals surface area contributed by atoms with Crippen LogP contribution in [0.5, 0.6) is 0 Å². The van der Waals surface area contributed by atoms with Crippen molar-refractivity contribution >= 4 is 23.0 Å². The number of thiocarbonyl (C=S) groups is 1. The predicted molar refractivity (Wildman–Crippen MR) is 84.5 cm³/mol. The molecule has 0 unspecified atom stereocenters. The molecule has 0 fully saturated rings. The average Bonchev–Trinajstić information content (AvgIpc) is 3.01. The summed E-state index contributed by atoms with van der Waals surface area (Å²) in [6.07, 6.45) is 2.31. The van der Waals surface area contributed by atoms with Crippen LogP contribution < -0.4 is 10.7 Å². The number of hydrogen-bond acceptors (Lipinski definition) is 3. The Bertz CT molecular complexity index is 608. The Morgan fingerprint density at radius 1 is 1.29 bits per heavy atom. The summed E-state index contributed by atoms with van der Waals surface area (Å²) in [4.78, 5) is 0. The van der Waals surface area contributed by atoms with Crippen molar-refractivity contribution in [2.24, 2.45) is 5.10 Å². The number of hydrazone groups is 1. The first-order chi connectivity index (χ1) is 10.2. The summed E-state index contributed by atoms with van der Waals surface area (Å²) >= 11 is 5.13. The topological polar surface area (TPSA) is 49.6 Å². The van der Waals surface area contributed by atoms with E-state index in [9.17, 15) is 4.39 Å². The predicted octanol–water partition coefficient (Wildman–Crippen LogP) is 3.20. The molecule has 0 amide bonds. The van der Waals surface area contributed by atoms with Crippen molar-refractivity contribution in [3.05, 3.63) is 59.8 Å². The van der Waals surface area contributed by atoms with Crippen molar-refractivity contribution in [1.29, 1.82) is 0 Å². The SMILES string of the molecule is CC/C(=N/NC(=S)NCc1ccco1)c1ccc(F)cc1. The maximum Gasteiger partial charge on any atom is 0.187 e. The van der Waals surface area contributed by atoms with Gasteiger partial charge in [-0.2, -0.15) is 5.10 Å². The third-order valence-electron chi connectivity index (χ3n) is 2.81. The molecule has 2 aromatic rings. The van der Waals surface area contributed by atoms with Gasteiger partial charge in [0.15, 0.2) is 5.11 Å². The minimum absolute atomic E-state index is 0.266. The fourth-order valence-corrected chi connectivity index (χ4v) is 1.85. The normalized spacial score (nSPS) is 11.2. The fraction of sp³-hybridized carbons (Fsp3) is 0.200. The number of benzene rings is 1. The molecule has 0 saturated carbocycles. The Morgan fingerprint density at radius 3 is 2.67 bits per heavy atom. The molecule has 0 aliphatic carbocycles. The van der Waals surface area contributed by atoms with E-state index in [-0.39, 0.29) is 5.82 Å². The molecule has 0 spiro atoms. The van der Waals surface area contributed by atoms with Crippen LogP contribution in [0.15, 0.2) is 52.2 Å². The van der Waals surface area contributed by atoms with Gasteiger partial charge in [-0.25, -0.2) is 4.39 Å². The molecule has 0 radical (unpaired) electrons. The van der Waals surface area contributed by atoms with Crippen molar-refractivity contribution in [2.45, 2.75) is 19.9 Å². The van der Waals surface area contributed by atoms with E-state index in [1.54, 1.807) is 18.4 Å². The zero-order chi connectivity index (χ0) is 15.1. The molecule has 0 bridgehead atoms. The Labute approximate surface area is 128 Å². The van der Waals surface area contributed by atoms with Gasteiger partial charge in [0.05, 0.1) is 18.5 Å². The number of rotatable bonds is 5. The lowest BCUT2D eigenvalue weighted by molar-refractivity contribution is 0.502. The van der Waals surface area contributed by atoms with E-state index < -0.39 is 0 Å². The van der Waals surface area contributed by atoms with Gasteiger partial charge in [0.1, 0.15) is 11.6 Å². The van der Waals surface area contributed by atoms with Gasteiger partial charge in [-0.3, -0.25) is 5.43 Å². The first kappa shape index (κ1) is 15.2. The first-order valence-electron chi connectivity index (χ1n) is 6.57. The largest absolute Gasteiger partial charge is 0.467 e. The molecule has 2 rings (SSSR count). The smallest absolute Gasteiger partial charge is 0.187 e. The molecule has 110 valence electrons. The molecule has 0 saturated heterocycles. The Morgan fingerprint density at radius 2 is 2.05 bits per heavy atom. The Hall–Kier alpha value is -2.21. The Balaban J connectivity index is 1.91. The lowest BCUT2D eigenvalue weighted by atomic mass is 10.1. The van der Waals surface area contributed by atoms with Crippen molar-refractivity contribution in [3.63, 3.8) is 0 Å². The van der Waals surface area contributed by atoms with Gasteiger partial charge in [-0.05, 0) is 48.5 Å². The van der Waals surface area contributed by atoms with Crippen LogP contribution in [0, 0.1) is 5.82 Å². The lowest BCUT2D eigenvalue weighted by Crippen LogP contribution is -2.32. The van der Waals surface area contributed by atoms with Crippen molar-refractivity contribution in [1.82, 2.24) is 10.7 Å². The molecule has 0 atom stereocenters. The molecule has 2 N–H and O–H groups in total. The third-order valence-corrected chi connectivity index (χ3v) is 3.04. The number of hydrogen-bond donors (Lipinski definition) is 2. The van der Waals surface area contributed by atoms with Gasteiger partial charge < -0.3 is 9.73 Å². The molecule has 1 aromatic carbocycles. The zero-order valence-electron chi connectivity index (χ0n) is 11.6. The van der Waals surface area contributed by atoms with Crippen LogP contribution in [0.25, 0.3) is 0 Å². The molecule has 4 nitrogen and oxygen atoms in total. The summed E-state index contributed by atoms with van der Waals surface area (Å²) < 4.78 is 18.1. The van der Waals surface area contributed by atoms with Gasteiger partial charge in [0, 0.05) is 0 Å². The third kappa shape index (κ3) is 4.68. The second-order valence-electron chi connectivity index (χ2n) is 4.29. The molecular formula is C15H16FN3OS. The second kappa shape index (κ2) is 7.54. The molecule has 1 aromatic heterocycles. The van der Waals surface area contributed by atoms with E-state index in [2.05, 4.69) is 15.8 Å². The molecular weight excluding hydrogens is 289 g/mol. The monoisotopic (exact) mass is 305 g/mol. The molecule has 0 aliphatic heterocycles. The number of nitrogens with one attached hydrogen (secondary N) is 2. The highest BCUT2D eigenvalue weighted by Gasteiger charge is 2.03. The van der Waals surface area contributed by atoms with Crippen molar-refractivity contribution in [3.8, 4) is 0 Å². The van der Waals surface area contributed by atoms with Crippen molar-refractivity contribution in [2.75, 3.05) is 0 Å². The number of furan rings is 1. The average molecular weight is 305 g/mol. The standard InChI is InChI=1S/C15H16FN3OS/c1-2-14(11-5-7-12(16)8-6-11)18-19-15(21)17-10-13-4-3-9-20-13/h3-9H,2,10H2,1H3,(H2,17,19,21)/b18-14-. The lowest BCUT2D eigenvalue weighted by Gasteiger charge is -2.08. The minimum Gasteiger partial charge on any atom is -0.467 e. The highest BCUT2D eigenvalue weighted by molar-refractivity contribution is 7.80. The molecule has 1 heterocycles. The summed E-state index contributed by atoms with van der Waals surface area (Å²) in [7, 11) is 0. The van der Waals surface area contributed by atoms with Crippen LogP contribution in [0.4, 0.5) is 4.39 Å². The molecule has 21 heavy (non-hydrogen) atoms. The van der Waals surface area contributed by atoms with E-state index in [4.69, 9.17) is 16.6 Å². The van der Waals surface area contributed by atoms with E-state index in [0.29, 0.717) is 18.1 Å².